The molecule has 3 aromatic rings. The molecule has 0 radical (unpaired) electrons. The van der Waals surface area contributed by atoms with Crippen molar-refractivity contribution in [3.05, 3.63) is 59.7 Å². The van der Waals surface area contributed by atoms with Gasteiger partial charge in [-0.1, -0.05) is 36.0 Å². The van der Waals surface area contributed by atoms with Gasteiger partial charge >= 0.3 is 0 Å². The van der Waals surface area contributed by atoms with Crippen LogP contribution < -0.4 is 0 Å². The van der Waals surface area contributed by atoms with Gasteiger partial charge in [0.2, 0.25) is 0 Å². The van der Waals surface area contributed by atoms with Crippen molar-refractivity contribution in [3.63, 3.8) is 0 Å². The van der Waals surface area contributed by atoms with Crippen molar-refractivity contribution in [3.8, 4) is 0 Å². The molecule has 0 N–H and O–H groups in total. The highest BCUT2D eigenvalue weighted by molar-refractivity contribution is 8.00. The van der Waals surface area contributed by atoms with Crippen LogP contribution in [0.1, 0.15) is 41.6 Å². The van der Waals surface area contributed by atoms with Crippen LogP contribution in [-0.4, -0.2) is 28.4 Å². The Kier molecular flexibility index (Phi) is 4.66. The fourth-order valence-corrected chi connectivity index (χ4v) is 5.35. The molecule has 0 unspecified atom stereocenters. The first-order valence-electron chi connectivity index (χ1n) is 9.64. The Hall–Kier alpha value is -1.85. The van der Waals surface area contributed by atoms with Gasteiger partial charge in [-0.3, -0.25) is 4.79 Å². The number of benzene rings is 2. The summed E-state index contributed by atoms with van der Waals surface area (Å²) in [4.78, 5) is 19.7. The third kappa shape index (κ3) is 4.04. The predicted octanol–water partition coefficient (Wildman–Crippen LogP) is 5.60. The number of thiazole rings is 1. The second-order valence-electron chi connectivity index (χ2n) is 7.57. The minimum Gasteiger partial charge on any atom is -0.335 e. The molecule has 3 nitrogen and oxygen atoms in total. The van der Waals surface area contributed by atoms with Crippen molar-refractivity contribution in [2.75, 3.05) is 6.54 Å². The number of thioether (sulfide) groups is 1. The van der Waals surface area contributed by atoms with Gasteiger partial charge in [-0.05, 0) is 61.4 Å². The summed E-state index contributed by atoms with van der Waals surface area (Å²) in [6.45, 7) is 0.957. The first kappa shape index (κ1) is 17.3. The molecule has 0 bridgehead atoms. The van der Waals surface area contributed by atoms with Gasteiger partial charge in [0, 0.05) is 23.9 Å². The average molecular weight is 395 g/mol. The number of fused-ring (bicyclic) bond motifs is 1. The van der Waals surface area contributed by atoms with Crippen LogP contribution >= 0.6 is 23.1 Å². The maximum absolute atomic E-state index is 12.9. The van der Waals surface area contributed by atoms with Crippen molar-refractivity contribution in [2.45, 2.75) is 41.8 Å². The Labute approximate surface area is 167 Å². The van der Waals surface area contributed by atoms with Gasteiger partial charge in [-0.15, -0.1) is 11.3 Å². The molecule has 27 heavy (non-hydrogen) atoms. The first-order chi connectivity index (χ1) is 13.3. The third-order valence-corrected chi connectivity index (χ3v) is 7.49. The van der Waals surface area contributed by atoms with Gasteiger partial charge < -0.3 is 4.90 Å². The van der Waals surface area contributed by atoms with Crippen molar-refractivity contribution in [1.82, 2.24) is 9.88 Å². The van der Waals surface area contributed by atoms with Crippen LogP contribution in [0.4, 0.5) is 0 Å². The molecule has 5 rings (SSSR count). The summed E-state index contributed by atoms with van der Waals surface area (Å²) < 4.78 is 2.33. The topological polar surface area (TPSA) is 33.2 Å². The lowest BCUT2D eigenvalue weighted by Crippen LogP contribution is -2.34. The Morgan fingerprint density at radius 3 is 2.56 bits per heavy atom. The van der Waals surface area contributed by atoms with E-state index in [0.29, 0.717) is 6.04 Å². The van der Waals surface area contributed by atoms with E-state index in [2.05, 4.69) is 40.2 Å². The van der Waals surface area contributed by atoms with Gasteiger partial charge in [-0.2, -0.15) is 0 Å². The third-order valence-electron chi connectivity index (χ3n) is 5.24. The maximum Gasteiger partial charge on any atom is 0.254 e. The average Bonchev–Trinajstić information content (AvgIpc) is 3.62. The normalized spacial score (nSPS) is 16.6. The monoisotopic (exact) mass is 394 g/mol. The van der Waals surface area contributed by atoms with Gasteiger partial charge in [0.25, 0.3) is 5.91 Å². The van der Waals surface area contributed by atoms with E-state index >= 15 is 0 Å². The minimum absolute atomic E-state index is 0.217. The molecular weight excluding hydrogens is 372 g/mol. The molecule has 1 amide bonds. The fraction of sp³-hybridized carbons (Fsp3) is 0.364. The quantitative estimate of drug-likeness (QED) is 0.489. The predicted molar refractivity (Wildman–Crippen MR) is 112 cm³/mol. The smallest absolute Gasteiger partial charge is 0.254 e. The number of nitrogens with zero attached hydrogens (tertiary/aromatic N) is 2. The highest BCUT2D eigenvalue weighted by Gasteiger charge is 2.36. The van der Waals surface area contributed by atoms with Crippen molar-refractivity contribution in [2.24, 2.45) is 5.92 Å². The molecule has 138 valence electrons. The molecule has 0 saturated heterocycles. The van der Waals surface area contributed by atoms with E-state index in [4.69, 9.17) is 0 Å². The van der Waals surface area contributed by atoms with Crippen LogP contribution in [0, 0.1) is 5.92 Å². The van der Waals surface area contributed by atoms with Crippen molar-refractivity contribution < 1.29 is 4.79 Å². The van der Waals surface area contributed by atoms with E-state index < -0.39 is 0 Å². The van der Waals surface area contributed by atoms with Crippen molar-refractivity contribution >= 4 is 39.2 Å². The van der Waals surface area contributed by atoms with Crippen LogP contribution in [0.2, 0.25) is 0 Å². The molecule has 2 saturated carbocycles. The zero-order chi connectivity index (χ0) is 18.2. The van der Waals surface area contributed by atoms with Crippen molar-refractivity contribution in [1.29, 1.82) is 0 Å². The Morgan fingerprint density at radius 2 is 1.85 bits per heavy atom. The number of rotatable bonds is 7. The summed E-state index contributed by atoms with van der Waals surface area (Å²) in [7, 11) is 0. The molecule has 5 heteroatoms. The van der Waals surface area contributed by atoms with Gasteiger partial charge in [0.1, 0.15) is 0 Å². The molecule has 1 aromatic heterocycles. The Bertz CT molecular complexity index is 925. The maximum atomic E-state index is 12.9. The van der Waals surface area contributed by atoms with Crippen LogP contribution in [0.25, 0.3) is 10.2 Å². The molecule has 2 aromatic carbocycles. The van der Waals surface area contributed by atoms with E-state index in [-0.39, 0.29) is 5.91 Å². The molecule has 0 spiro atoms. The lowest BCUT2D eigenvalue weighted by molar-refractivity contribution is 0.0735. The van der Waals surface area contributed by atoms with Crippen LogP contribution in [0.5, 0.6) is 0 Å². The zero-order valence-electron chi connectivity index (χ0n) is 15.1. The lowest BCUT2D eigenvalue weighted by atomic mass is 10.1. The van der Waals surface area contributed by atoms with E-state index in [0.717, 1.165) is 33.6 Å². The summed E-state index contributed by atoms with van der Waals surface area (Å²) in [5.41, 5.74) is 3.13. The molecule has 0 aliphatic heterocycles. The molecule has 2 fully saturated rings. The molecule has 2 aliphatic carbocycles. The summed E-state index contributed by atoms with van der Waals surface area (Å²) in [5.74, 6) is 1.84. The SMILES string of the molecule is O=C(c1ccc(CSc2nc3ccccc3s2)cc1)N(CC1CC1)C1CC1. The minimum atomic E-state index is 0.217. The first-order valence-corrected chi connectivity index (χ1v) is 11.4. The Morgan fingerprint density at radius 1 is 1.07 bits per heavy atom. The largest absolute Gasteiger partial charge is 0.335 e. The van der Waals surface area contributed by atoms with Crippen LogP contribution in [-0.2, 0) is 5.75 Å². The highest BCUT2D eigenvalue weighted by Crippen LogP contribution is 2.36. The lowest BCUT2D eigenvalue weighted by Gasteiger charge is -2.22. The Balaban J connectivity index is 1.23. The van der Waals surface area contributed by atoms with Gasteiger partial charge in [0.05, 0.1) is 10.2 Å². The number of hydrogen-bond donors (Lipinski definition) is 0. The number of carbonyl (C=O) groups is 1. The number of aromatic nitrogens is 1. The van der Waals surface area contributed by atoms with Gasteiger partial charge in [0.15, 0.2) is 4.34 Å². The van der Waals surface area contributed by atoms with E-state index in [1.807, 2.05) is 18.2 Å². The number of hydrogen-bond acceptors (Lipinski definition) is 4. The summed E-state index contributed by atoms with van der Waals surface area (Å²) in [5, 5.41) is 0. The number of para-hydroxylation sites is 1. The molecule has 2 aliphatic rings. The number of carbonyl (C=O) groups excluding carboxylic acids is 1. The second kappa shape index (κ2) is 7.28. The second-order valence-corrected chi connectivity index (χ2v) is 9.82. The highest BCUT2D eigenvalue weighted by atomic mass is 32.2. The fourth-order valence-electron chi connectivity index (χ4n) is 3.33. The molecular formula is C22H22N2OS2. The van der Waals surface area contributed by atoms with Crippen LogP contribution in [0.15, 0.2) is 52.9 Å². The molecule has 0 atom stereocenters. The van der Waals surface area contributed by atoms with E-state index in [1.165, 1.54) is 35.9 Å². The number of amides is 1. The summed E-state index contributed by atoms with van der Waals surface area (Å²) in [6.07, 6.45) is 4.93. The standard InChI is InChI=1S/C22H22N2OS2/c25-21(24(18-11-12-18)13-15-5-6-15)17-9-7-16(8-10-17)14-26-22-23-19-3-1-2-4-20(19)27-22/h1-4,7-10,15,18H,5-6,11-14H2. The van der Waals surface area contributed by atoms with Gasteiger partial charge in [-0.25, -0.2) is 4.98 Å². The molecule has 1 heterocycles. The van der Waals surface area contributed by atoms with Crippen LogP contribution in [0.3, 0.4) is 0 Å². The zero-order valence-corrected chi connectivity index (χ0v) is 16.8. The summed E-state index contributed by atoms with van der Waals surface area (Å²) in [6, 6.07) is 16.9. The van der Waals surface area contributed by atoms with E-state index in [1.54, 1.807) is 23.1 Å². The van der Waals surface area contributed by atoms with E-state index in [9.17, 15) is 4.79 Å². The summed E-state index contributed by atoms with van der Waals surface area (Å²) >= 11 is 3.50.